The highest BCUT2D eigenvalue weighted by atomic mass is 32.2. The van der Waals surface area contributed by atoms with Crippen molar-refractivity contribution in [2.45, 2.75) is 56.8 Å². The van der Waals surface area contributed by atoms with Gasteiger partial charge in [0.05, 0.1) is 21.9 Å². The van der Waals surface area contributed by atoms with Gasteiger partial charge in [-0.05, 0) is 37.1 Å². The maximum Gasteiger partial charge on any atom is 0.113 e. The number of thioether (sulfide) groups is 1. The molecule has 0 unspecified atom stereocenters. The van der Waals surface area contributed by atoms with E-state index in [9.17, 15) is 0 Å². The van der Waals surface area contributed by atoms with E-state index in [4.69, 9.17) is 0 Å². The van der Waals surface area contributed by atoms with Crippen LogP contribution in [0.4, 0.5) is 5.69 Å². The van der Waals surface area contributed by atoms with Crippen LogP contribution in [0.25, 0.3) is 16.7 Å². The molecule has 0 aliphatic carbocycles. The molecule has 4 rings (SSSR count). The molecule has 1 N–H and O–H groups in total. The Labute approximate surface area is 165 Å². The predicted molar refractivity (Wildman–Crippen MR) is 115 cm³/mol. The molecule has 2 aromatic carbocycles. The average Bonchev–Trinajstić information content (AvgIpc) is 3.32. The summed E-state index contributed by atoms with van der Waals surface area (Å²) < 4.78 is 2.03. The van der Waals surface area contributed by atoms with Gasteiger partial charge >= 0.3 is 0 Å². The van der Waals surface area contributed by atoms with Crippen molar-refractivity contribution in [3.05, 3.63) is 53.6 Å². The summed E-state index contributed by atoms with van der Waals surface area (Å²) in [6, 6.07) is 16.7. The molecule has 0 radical (unpaired) electrons. The second kappa shape index (κ2) is 8.61. The van der Waals surface area contributed by atoms with Crippen LogP contribution in [0.2, 0.25) is 0 Å². The van der Waals surface area contributed by atoms with Gasteiger partial charge in [-0.2, -0.15) is 0 Å². The van der Waals surface area contributed by atoms with Gasteiger partial charge < -0.3 is 5.32 Å². The summed E-state index contributed by atoms with van der Waals surface area (Å²) in [5.74, 6) is 0. The van der Waals surface area contributed by atoms with E-state index >= 15 is 0 Å². The van der Waals surface area contributed by atoms with Gasteiger partial charge in [0.15, 0.2) is 0 Å². The summed E-state index contributed by atoms with van der Waals surface area (Å²) in [5, 5.41) is 13.6. The van der Waals surface area contributed by atoms with Gasteiger partial charge in [0.1, 0.15) is 5.52 Å². The third-order valence-corrected chi connectivity index (χ3v) is 6.10. The zero-order valence-electron chi connectivity index (χ0n) is 15.8. The number of allylic oxidation sites excluding steroid dienone is 1. The molecule has 3 aromatic rings. The Balaban J connectivity index is 1.60. The molecule has 1 aromatic heterocycles. The molecule has 4 nitrogen and oxygen atoms in total. The minimum Gasteiger partial charge on any atom is -0.348 e. The van der Waals surface area contributed by atoms with Crippen molar-refractivity contribution in [2.75, 3.05) is 5.32 Å². The predicted octanol–water partition coefficient (Wildman–Crippen LogP) is 6.53. The number of hydrogen-bond acceptors (Lipinski definition) is 4. The smallest absolute Gasteiger partial charge is 0.113 e. The molecule has 0 bridgehead atoms. The maximum absolute atomic E-state index is 4.49. The number of fused-ring (bicyclic) bond motifs is 2. The van der Waals surface area contributed by atoms with Crippen molar-refractivity contribution < 1.29 is 0 Å². The summed E-state index contributed by atoms with van der Waals surface area (Å²) in [5.41, 5.74) is 4.42. The van der Waals surface area contributed by atoms with Gasteiger partial charge in [-0.15, -0.1) is 5.10 Å². The number of aromatic nitrogens is 3. The highest BCUT2D eigenvalue weighted by Gasteiger charge is 2.21. The van der Waals surface area contributed by atoms with Crippen LogP contribution in [0.1, 0.15) is 51.9 Å². The molecule has 140 valence electrons. The number of nitrogens with zero attached hydrogens (tertiary/aromatic N) is 3. The van der Waals surface area contributed by atoms with Crippen molar-refractivity contribution in [3.63, 3.8) is 0 Å². The van der Waals surface area contributed by atoms with Gasteiger partial charge in [0.25, 0.3) is 0 Å². The van der Waals surface area contributed by atoms with E-state index in [-0.39, 0.29) is 0 Å². The lowest BCUT2D eigenvalue weighted by Gasteiger charge is -2.12. The van der Waals surface area contributed by atoms with Crippen LogP contribution in [0.5, 0.6) is 0 Å². The standard InChI is InChI=1S/C22H26N4S/c1-2-3-4-5-6-7-15-20(22-23-18-13-9-11-16-21(18)27-22)26-19-14-10-8-12-17(19)24-25-26/h8-14,16,23H,2-7,15H2,1H3. The fraction of sp³-hybridized carbons (Fsp3) is 0.364. The average molecular weight is 379 g/mol. The topological polar surface area (TPSA) is 42.7 Å². The molecule has 27 heavy (non-hydrogen) atoms. The van der Waals surface area contributed by atoms with E-state index in [2.05, 4.69) is 59.0 Å². The number of rotatable bonds is 8. The monoisotopic (exact) mass is 378 g/mol. The first kappa shape index (κ1) is 18.1. The highest BCUT2D eigenvalue weighted by Crippen LogP contribution is 2.43. The number of anilines is 1. The summed E-state index contributed by atoms with van der Waals surface area (Å²) in [6.45, 7) is 2.26. The lowest BCUT2D eigenvalue weighted by Crippen LogP contribution is -2.05. The number of para-hydroxylation sites is 2. The first-order valence-electron chi connectivity index (χ1n) is 9.94. The Bertz CT molecular complexity index is 917. The molecule has 0 spiro atoms. The Morgan fingerprint density at radius 3 is 2.63 bits per heavy atom. The fourth-order valence-corrected chi connectivity index (χ4v) is 4.57. The van der Waals surface area contributed by atoms with Gasteiger partial charge in [-0.1, -0.05) is 80.3 Å². The Hall–Kier alpha value is -2.27. The molecule has 1 aliphatic rings. The minimum atomic E-state index is 0.944. The van der Waals surface area contributed by atoms with Crippen LogP contribution < -0.4 is 5.32 Å². The number of hydrogen-bond donors (Lipinski definition) is 1. The fourth-order valence-electron chi connectivity index (χ4n) is 3.50. The Morgan fingerprint density at radius 1 is 0.963 bits per heavy atom. The summed E-state index contributed by atoms with van der Waals surface area (Å²) in [7, 11) is 0. The van der Waals surface area contributed by atoms with Crippen molar-refractivity contribution in [1.82, 2.24) is 15.0 Å². The SMILES string of the molecule is CCCCCCCCC(=C1Nc2ccccc2S1)n1nnc2ccccc21. The lowest BCUT2D eigenvalue weighted by atomic mass is 10.1. The zero-order valence-corrected chi connectivity index (χ0v) is 16.6. The molecule has 0 amide bonds. The van der Waals surface area contributed by atoms with Crippen molar-refractivity contribution >= 4 is 34.2 Å². The van der Waals surface area contributed by atoms with Crippen molar-refractivity contribution in [1.29, 1.82) is 0 Å². The molecule has 0 saturated carbocycles. The van der Waals surface area contributed by atoms with Gasteiger partial charge in [-0.25, -0.2) is 4.68 Å². The third-order valence-electron chi connectivity index (χ3n) is 4.98. The molecule has 2 heterocycles. The second-order valence-corrected chi connectivity index (χ2v) is 8.06. The first-order valence-corrected chi connectivity index (χ1v) is 10.8. The van der Waals surface area contributed by atoms with Crippen LogP contribution in [0.3, 0.4) is 0 Å². The van der Waals surface area contributed by atoms with E-state index in [1.807, 2.05) is 16.8 Å². The quantitative estimate of drug-likeness (QED) is 0.453. The molecule has 5 heteroatoms. The molecular formula is C22H26N4S. The number of nitrogens with one attached hydrogen (secondary N) is 1. The summed E-state index contributed by atoms with van der Waals surface area (Å²) in [4.78, 5) is 1.28. The number of unbranched alkanes of at least 4 members (excludes halogenated alkanes) is 5. The van der Waals surface area contributed by atoms with Crippen LogP contribution >= 0.6 is 11.8 Å². The number of benzene rings is 2. The van der Waals surface area contributed by atoms with E-state index in [0.717, 1.165) is 17.5 Å². The van der Waals surface area contributed by atoms with E-state index in [0.29, 0.717) is 0 Å². The molecule has 1 aliphatic heterocycles. The third kappa shape index (κ3) is 4.03. The summed E-state index contributed by atoms with van der Waals surface area (Å²) in [6.07, 6.45) is 8.73. The van der Waals surface area contributed by atoms with Gasteiger partial charge in [0, 0.05) is 4.90 Å². The van der Waals surface area contributed by atoms with Crippen molar-refractivity contribution in [3.8, 4) is 0 Å². The summed E-state index contributed by atoms with van der Waals surface area (Å²) >= 11 is 1.80. The molecule has 0 fully saturated rings. The van der Waals surface area contributed by atoms with E-state index in [1.54, 1.807) is 11.8 Å². The van der Waals surface area contributed by atoms with E-state index in [1.165, 1.54) is 59.8 Å². The van der Waals surface area contributed by atoms with Gasteiger partial charge in [0.2, 0.25) is 0 Å². The second-order valence-electron chi connectivity index (χ2n) is 7.01. The Kier molecular flexibility index (Phi) is 5.78. The van der Waals surface area contributed by atoms with Crippen LogP contribution in [-0.2, 0) is 0 Å². The maximum atomic E-state index is 4.49. The normalized spacial score (nSPS) is 15.0. The highest BCUT2D eigenvalue weighted by molar-refractivity contribution is 8.04. The van der Waals surface area contributed by atoms with Crippen LogP contribution in [0, 0.1) is 0 Å². The Morgan fingerprint density at radius 2 is 1.74 bits per heavy atom. The van der Waals surface area contributed by atoms with E-state index < -0.39 is 0 Å². The van der Waals surface area contributed by atoms with Crippen molar-refractivity contribution in [2.24, 2.45) is 0 Å². The molecular weight excluding hydrogens is 352 g/mol. The zero-order chi connectivity index (χ0) is 18.5. The van der Waals surface area contributed by atoms with Crippen LogP contribution in [0.15, 0.2) is 58.5 Å². The van der Waals surface area contributed by atoms with Crippen LogP contribution in [-0.4, -0.2) is 15.0 Å². The van der Waals surface area contributed by atoms with Gasteiger partial charge in [-0.3, -0.25) is 0 Å². The largest absolute Gasteiger partial charge is 0.348 e. The minimum absolute atomic E-state index is 0.944. The molecule has 0 saturated heterocycles. The molecule has 0 atom stereocenters. The first-order chi connectivity index (χ1) is 13.4. The lowest BCUT2D eigenvalue weighted by molar-refractivity contribution is 0.607.